The first-order chi connectivity index (χ1) is 12.8. The fourth-order valence-corrected chi connectivity index (χ4v) is 2.72. The van der Waals surface area contributed by atoms with Crippen molar-refractivity contribution >= 4 is 17.2 Å². The minimum Gasteiger partial charge on any atom is -0.493 e. The lowest BCUT2D eigenvalue weighted by Gasteiger charge is -2.15. The van der Waals surface area contributed by atoms with Gasteiger partial charge in [0.05, 0.1) is 24.8 Å². The minimum atomic E-state index is -4.51. The van der Waals surface area contributed by atoms with Crippen LogP contribution in [0.25, 0.3) is 5.65 Å². The van der Waals surface area contributed by atoms with Crippen molar-refractivity contribution in [2.75, 3.05) is 12.4 Å². The third kappa shape index (κ3) is 3.79. The number of nitrogens with zero attached hydrogens (tertiary/aromatic N) is 2. The van der Waals surface area contributed by atoms with E-state index in [9.17, 15) is 23.1 Å². The van der Waals surface area contributed by atoms with Gasteiger partial charge < -0.3 is 15.2 Å². The topological polar surface area (TPSA) is 75.9 Å². The molecule has 3 aromatic rings. The lowest BCUT2D eigenvalue weighted by Crippen LogP contribution is -2.22. The number of benzene rings is 1. The molecule has 28 heavy (non-hydrogen) atoms. The minimum absolute atomic E-state index is 0. The first kappa shape index (κ1) is 21.2. The molecule has 0 fully saturated rings. The molecule has 0 saturated carbocycles. The number of aliphatic hydroxyl groups excluding tert-OH is 1. The third-order valence-corrected chi connectivity index (χ3v) is 4.10. The molecule has 3 rings (SSSR count). The standard InChI is InChI=1S/C18H16F3N3O3.CH4/c1-10-5-6-11(8-13(10)18(19,20)21)22-15-12(9-25)17(26)24-7-3-4-14(27-2)16(24)23-15;/h3-8,22,25H,9H2,1-2H3;1H4. The second-order valence-corrected chi connectivity index (χ2v) is 5.82. The zero-order chi connectivity index (χ0) is 19.8. The van der Waals surface area contributed by atoms with Crippen LogP contribution in [0, 0.1) is 6.92 Å². The zero-order valence-electron chi connectivity index (χ0n) is 14.5. The van der Waals surface area contributed by atoms with E-state index in [1.165, 1.54) is 36.8 Å². The lowest BCUT2D eigenvalue weighted by atomic mass is 10.1. The number of methoxy groups -OCH3 is 1. The molecule has 1 aromatic carbocycles. The Hall–Kier alpha value is -3.07. The van der Waals surface area contributed by atoms with Crippen molar-refractivity contribution in [1.29, 1.82) is 0 Å². The van der Waals surface area contributed by atoms with Crippen LogP contribution in [0.1, 0.15) is 24.1 Å². The van der Waals surface area contributed by atoms with Gasteiger partial charge in [-0.25, -0.2) is 4.98 Å². The van der Waals surface area contributed by atoms with Crippen LogP contribution in [0.3, 0.4) is 0 Å². The van der Waals surface area contributed by atoms with E-state index in [2.05, 4.69) is 10.3 Å². The van der Waals surface area contributed by atoms with Crippen LogP contribution >= 0.6 is 0 Å². The highest BCUT2D eigenvalue weighted by Crippen LogP contribution is 2.34. The Balaban J connectivity index is 0.00000280. The van der Waals surface area contributed by atoms with Gasteiger partial charge in [-0.05, 0) is 36.8 Å². The van der Waals surface area contributed by atoms with E-state index in [4.69, 9.17) is 4.74 Å². The van der Waals surface area contributed by atoms with Gasteiger partial charge in [0.15, 0.2) is 11.4 Å². The average Bonchev–Trinajstić information content (AvgIpc) is 2.62. The number of fused-ring (bicyclic) bond motifs is 1. The number of halogens is 3. The lowest BCUT2D eigenvalue weighted by molar-refractivity contribution is -0.138. The molecule has 2 heterocycles. The first-order valence-electron chi connectivity index (χ1n) is 7.90. The highest BCUT2D eigenvalue weighted by Gasteiger charge is 2.32. The van der Waals surface area contributed by atoms with E-state index in [0.717, 1.165) is 6.07 Å². The van der Waals surface area contributed by atoms with E-state index >= 15 is 0 Å². The maximum absolute atomic E-state index is 13.1. The molecule has 0 bridgehead atoms. The SMILES string of the molecule is C.COc1cccn2c(=O)c(CO)c(Nc3ccc(C)c(C(F)(F)F)c3)nc12. The number of hydrogen-bond donors (Lipinski definition) is 2. The predicted molar refractivity (Wildman–Crippen MR) is 100 cm³/mol. The highest BCUT2D eigenvalue weighted by atomic mass is 19.4. The first-order valence-corrected chi connectivity index (χ1v) is 7.90. The molecular weight excluding hydrogens is 375 g/mol. The van der Waals surface area contributed by atoms with Crippen LogP contribution in [-0.4, -0.2) is 21.6 Å². The summed E-state index contributed by atoms with van der Waals surface area (Å²) in [6.45, 7) is 0.726. The normalized spacial score (nSPS) is 11.2. The molecule has 6 nitrogen and oxygen atoms in total. The summed E-state index contributed by atoms with van der Waals surface area (Å²) in [6, 6.07) is 6.87. The van der Waals surface area contributed by atoms with E-state index in [1.807, 2.05) is 0 Å². The molecule has 0 radical (unpaired) electrons. The van der Waals surface area contributed by atoms with Gasteiger partial charge in [-0.15, -0.1) is 0 Å². The van der Waals surface area contributed by atoms with Crippen LogP contribution in [0.15, 0.2) is 41.3 Å². The summed E-state index contributed by atoms with van der Waals surface area (Å²) in [4.78, 5) is 16.9. The number of pyridine rings is 1. The van der Waals surface area contributed by atoms with Gasteiger partial charge in [0.1, 0.15) is 5.82 Å². The molecule has 0 saturated heterocycles. The molecule has 0 aliphatic carbocycles. The second kappa shape index (κ2) is 7.89. The number of anilines is 2. The Morgan fingerprint density at radius 3 is 2.61 bits per heavy atom. The van der Waals surface area contributed by atoms with Gasteiger partial charge >= 0.3 is 6.18 Å². The smallest absolute Gasteiger partial charge is 0.416 e. The van der Waals surface area contributed by atoms with Gasteiger partial charge in [-0.1, -0.05) is 13.5 Å². The Bertz CT molecular complexity index is 1060. The van der Waals surface area contributed by atoms with Crippen molar-refractivity contribution in [2.24, 2.45) is 0 Å². The Kier molecular flexibility index (Phi) is 5.98. The van der Waals surface area contributed by atoms with E-state index in [0.29, 0.717) is 5.75 Å². The maximum Gasteiger partial charge on any atom is 0.416 e. The second-order valence-electron chi connectivity index (χ2n) is 5.82. The summed E-state index contributed by atoms with van der Waals surface area (Å²) >= 11 is 0. The fraction of sp³-hybridized carbons (Fsp3) is 0.263. The van der Waals surface area contributed by atoms with E-state index in [1.54, 1.807) is 12.1 Å². The number of alkyl halides is 3. The quantitative estimate of drug-likeness (QED) is 0.701. The van der Waals surface area contributed by atoms with Gasteiger partial charge in [-0.2, -0.15) is 13.2 Å². The predicted octanol–water partition coefficient (Wildman–Crippen LogP) is 3.90. The molecule has 150 valence electrons. The van der Waals surface area contributed by atoms with Gasteiger partial charge in [-0.3, -0.25) is 9.20 Å². The Morgan fingerprint density at radius 1 is 1.29 bits per heavy atom. The Morgan fingerprint density at radius 2 is 2.00 bits per heavy atom. The van der Waals surface area contributed by atoms with Crippen LogP contribution in [0.4, 0.5) is 24.7 Å². The fourth-order valence-electron chi connectivity index (χ4n) is 2.72. The van der Waals surface area contributed by atoms with Gasteiger partial charge in [0, 0.05) is 11.9 Å². The summed E-state index contributed by atoms with van der Waals surface area (Å²) < 4.78 is 45.8. The van der Waals surface area contributed by atoms with Crippen LogP contribution in [0.5, 0.6) is 5.75 Å². The number of aromatic nitrogens is 2. The number of aryl methyl sites for hydroxylation is 1. The molecule has 0 unspecified atom stereocenters. The molecule has 0 aliphatic heterocycles. The van der Waals surface area contributed by atoms with Gasteiger partial charge in [0.25, 0.3) is 5.56 Å². The highest BCUT2D eigenvalue weighted by molar-refractivity contribution is 5.65. The summed E-state index contributed by atoms with van der Waals surface area (Å²) in [5.74, 6) is 0.269. The number of hydrogen-bond acceptors (Lipinski definition) is 5. The molecule has 9 heteroatoms. The molecule has 0 atom stereocenters. The van der Waals surface area contributed by atoms with Crippen LogP contribution in [-0.2, 0) is 12.8 Å². The van der Waals surface area contributed by atoms with Crippen molar-refractivity contribution in [1.82, 2.24) is 9.38 Å². The molecule has 2 aromatic heterocycles. The molecule has 2 N–H and O–H groups in total. The third-order valence-electron chi connectivity index (χ3n) is 4.10. The largest absolute Gasteiger partial charge is 0.493 e. The average molecular weight is 395 g/mol. The molecular formula is C19H20F3N3O3. The Labute approximate surface area is 159 Å². The monoisotopic (exact) mass is 395 g/mol. The number of aliphatic hydroxyl groups is 1. The van der Waals surface area contributed by atoms with Crippen LogP contribution < -0.4 is 15.6 Å². The van der Waals surface area contributed by atoms with Crippen molar-refractivity contribution in [3.05, 3.63) is 63.6 Å². The van der Waals surface area contributed by atoms with Crippen molar-refractivity contribution < 1.29 is 23.0 Å². The van der Waals surface area contributed by atoms with Crippen molar-refractivity contribution in [3.8, 4) is 5.75 Å². The van der Waals surface area contributed by atoms with Crippen molar-refractivity contribution in [2.45, 2.75) is 27.1 Å². The van der Waals surface area contributed by atoms with E-state index < -0.39 is 23.9 Å². The molecule has 0 aliphatic rings. The zero-order valence-corrected chi connectivity index (χ0v) is 14.5. The van der Waals surface area contributed by atoms with E-state index in [-0.39, 0.29) is 35.7 Å². The summed E-state index contributed by atoms with van der Waals surface area (Å²) in [5.41, 5.74) is -1.08. The number of ether oxygens (including phenoxy) is 1. The summed E-state index contributed by atoms with van der Waals surface area (Å²) in [6.07, 6.45) is -3.05. The number of nitrogens with one attached hydrogen (secondary N) is 1. The van der Waals surface area contributed by atoms with Crippen molar-refractivity contribution in [3.63, 3.8) is 0 Å². The van der Waals surface area contributed by atoms with Gasteiger partial charge in [0.2, 0.25) is 0 Å². The van der Waals surface area contributed by atoms with Crippen LogP contribution in [0.2, 0.25) is 0 Å². The summed E-state index contributed by atoms with van der Waals surface area (Å²) in [5, 5.41) is 12.3. The molecule has 0 amide bonds. The maximum atomic E-state index is 13.1. The summed E-state index contributed by atoms with van der Waals surface area (Å²) in [7, 11) is 1.41. The molecule has 0 spiro atoms. The number of rotatable bonds is 4.